The highest BCUT2D eigenvalue weighted by Gasteiger charge is 2.16. The Morgan fingerprint density at radius 2 is 1.89 bits per heavy atom. The molecule has 2 aromatic rings. The lowest BCUT2D eigenvalue weighted by molar-refractivity contribution is -0.143. The first-order valence-corrected chi connectivity index (χ1v) is 8.80. The lowest BCUT2D eigenvalue weighted by Crippen LogP contribution is -2.11. The first-order chi connectivity index (χ1) is 12.9. The number of benzene rings is 1. The van der Waals surface area contributed by atoms with Crippen molar-refractivity contribution in [3.63, 3.8) is 0 Å². The third kappa shape index (κ3) is 6.29. The highest BCUT2D eigenvalue weighted by molar-refractivity contribution is 5.95. The number of carbonyl (C=O) groups excluding carboxylic acids is 2. The standard InChI is InChI=1S/C20H24N2O5/c1-3-25-18(23)11-4-13(2)12-16-9-10-17(26-16)20(24)27-15-7-5-14(6-8-15)19(21)22/h5-10,13H,3-4,11-12H2,1-2H3,(H3,21,22). The highest BCUT2D eigenvalue weighted by atomic mass is 16.5. The molecule has 3 N–H and O–H groups in total. The number of carbonyl (C=O) groups is 2. The molecule has 1 atom stereocenters. The molecule has 27 heavy (non-hydrogen) atoms. The fourth-order valence-electron chi connectivity index (χ4n) is 2.50. The zero-order chi connectivity index (χ0) is 19.8. The maximum Gasteiger partial charge on any atom is 0.379 e. The maximum atomic E-state index is 12.2. The molecule has 1 heterocycles. The van der Waals surface area contributed by atoms with Crippen molar-refractivity contribution in [2.75, 3.05) is 6.61 Å². The van der Waals surface area contributed by atoms with Crippen LogP contribution >= 0.6 is 0 Å². The minimum Gasteiger partial charge on any atom is -0.466 e. The van der Waals surface area contributed by atoms with Gasteiger partial charge in [0.1, 0.15) is 17.3 Å². The molecule has 0 aliphatic heterocycles. The summed E-state index contributed by atoms with van der Waals surface area (Å²) in [6.07, 6.45) is 1.66. The van der Waals surface area contributed by atoms with Crippen molar-refractivity contribution in [2.24, 2.45) is 11.7 Å². The van der Waals surface area contributed by atoms with Crippen LogP contribution in [-0.4, -0.2) is 24.4 Å². The van der Waals surface area contributed by atoms with Crippen molar-refractivity contribution in [2.45, 2.75) is 33.1 Å². The average molecular weight is 372 g/mol. The zero-order valence-electron chi connectivity index (χ0n) is 15.5. The number of hydrogen-bond donors (Lipinski definition) is 2. The van der Waals surface area contributed by atoms with Crippen LogP contribution in [0.3, 0.4) is 0 Å². The van der Waals surface area contributed by atoms with Crippen molar-refractivity contribution >= 4 is 17.8 Å². The summed E-state index contributed by atoms with van der Waals surface area (Å²) in [5.41, 5.74) is 5.93. The van der Waals surface area contributed by atoms with E-state index in [0.717, 1.165) is 0 Å². The molecule has 0 amide bonds. The Bertz CT molecular complexity index is 795. The van der Waals surface area contributed by atoms with Crippen LogP contribution in [0.2, 0.25) is 0 Å². The van der Waals surface area contributed by atoms with Gasteiger partial charge in [-0.25, -0.2) is 4.79 Å². The van der Waals surface area contributed by atoms with Gasteiger partial charge in [-0.1, -0.05) is 6.92 Å². The van der Waals surface area contributed by atoms with Gasteiger partial charge in [-0.15, -0.1) is 0 Å². The molecule has 7 nitrogen and oxygen atoms in total. The normalized spacial score (nSPS) is 11.6. The molecule has 1 aromatic carbocycles. The van der Waals surface area contributed by atoms with E-state index in [-0.39, 0.29) is 23.5 Å². The van der Waals surface area contributed by atoms with Gasteiger partial charge in [0.25, 0.3) is 0 Å². The fraction of sp³-hybridized carbons (Fsp3) is 0.350. The molecule has 0 bridgehead atoms. The summed E-state index contributed by atoms with van der Waals surface area (Å²) in [5, 5.41) is 7.34. The van der Waals surface area contributed by atoms with Gasteiger partial charge < -0.3 is 19.6 Å². The van der Waals surface area contributed by atoms with Crippen molar-refractivity contribution in [3.8, 4) is 5.75 Å². The van der Waals surface area contributed by atoms with Crippen LogP contribution in [-0.2, 0) is 16.0 Å². The van der Waals surface area contributed by atoms with Gasteiger partial charge in [-0.2, -0.15) is 0 Å². The number of rotatable bonds is 9. The minimum atomic E-state index is -0.601. The topological polar surface area (TPSA) is 116 Å². The van der Waals surface area contributed by atoms with Gasteiger partial charge in [0.05, 0.1) is 6.61 Å². The zero-order valence-corrected chi connectivity index (χ0v) is 15.5. The van der Waals surface area contributed by atoms with E-state index >= 15 is 0 Å². The van der Waals surface area contributed by atoms with Gasteiger partial charge in [0, 0.05) is 18.4 Å². The number of ether oxygens (including phenoxy) is 2. The third-order valence-corrected chi connectivity index (χ3v) is 3.93. The Morgan fingerprint density at radius 1 is 1.19 bits per heavy atom. The Labute approximate surface area is 158 Å². The number of hydrogen-bond acceptors (Lipinski definition) is 6. The van der Waals surface area contributed by atoms with Crippen LogP contribution in [0.4, 0.5) is 0 Å². The summed E-state index contributed by atoms with van der Waals surface area (Å²) < 4.78 is 15.7. The molecule has 0 saturated carbocycles. The number of nitrogens with two attached hydrogens (primary N) is 1. The van der Waals surface area contributed by atoms with E-state index < -0.39 is 5.97 Å². The Hall–Kier alpha value is -3.09. The number of nitrogens with one attached hydrogen (secondary N) is 1. The maximum absolute atomic E-state index is 12.2. The molecular weight excluding hydrogens is 348 g/mol. The molecule has 0 fully saturated rings. The van der Waals surface area contributed by atoms with Gasteiger partial charge >= 0.3 is 11.9 Å². The van der Waals surface area contributed by atoms with Gasteiger partial charge in [0.15, 0.2) is 0 Å². The molecule has 144 valence electrons. The summed E-state index contributed by atoms with van der Waals surface area (Å²) >= 11 is 0. The van der Waals surface area contributed by atoms with Crippen LogP contribution < -0.4 is 10.5 Å². The van der Waals surface area contributed by atoms with Crippen LogP contribution in [0.5, 0.6) is 5.75 Å². The lowest BCUT2D eigenvalue weighted by Gasteiger charge is -2.09. The van der Waals surface area contributed by atoms with Crippen LogP contribution in [0.25, 0.3) is 0 Å². The SMILES string of the molecule is CCOC(=O)CCC(C)Cc1ccc(C(=O)Oc2ccc(C(=N)N)cc2)o1. The van der Waals surface area contributed by atoms with Gasteiger partial charge in [-0.3, -0.25) is 10.2 Å². The lowest BCUT2D eigenvalue weighted by atomic mass is 10.0. The second kappa shape index (κ2) is 9.56. The minimum absolute atomic E-state index is 0.0550. The molecule has 0 aliphatic carbocycles. The molecular formula is C20H24N2O5. The summed E-state index contributed by atoms with van der Waals surface area (Å²) in [4.78, 5) is 23.6. The summed E-state index contributed by atoms with van der Waals surface area (Å²) in [6, 6.07) is 9.63. The first-order valence-electron chi connectivity index (χ1n) is 8.80. The number of esters is 2. The van der Waals surface area contributed by atoms with E-state index in [1.165, 1.54) is 0 Å². The summed E-state index contributed by atoms with van der Waals surface area (Å²) in [7, 11) is 0. The second-order valence-corrected chi connectivity index (χ2v) is 6.25. The highest BCUT2D eigenvalue weighted by Crippen LogP contribution is 2.19. The quantitative estimate of drug-likeness (QED) is 0.302. The molecule has 0 spiro atoms. The van der Waals surface area contributed by atoms with E-state index in [4.69, 9.17) is 25.0 Å². The number of nitrogen functional groups attached to an aromatic ring is 1. The van der Waals surface area contributed by atoms with Crippen molar-refractivity contribution in [3.05, 3.63) is 53.5 Å². The Morgan fingerprint density at radius 3 is 2.52 bits per heavy atom. The molecule has 0 aliphatic rings. The molecule has 1 aromatic heterocycles. The van der Waals surface area contributed by atoms with Crippen LogP contribution in [0, 0.1) is 11.3 Å². The van der Waals surface area contributed by atoms with Crippen molar-refractivity contribution in [1.82, 2.24) is 0 Å². The average Bonchev–Trinajstić information content (AvgIpc) is 3.09. The smallest absolute Gasteiger partial charge is 0.379 e. The third-order valence-electron chi connectivity index (χ3n) is 3.93. The second-order valence-electron chi connectivity index (χ2n) is 6.25. The van der Waals surface area contributed by atoms with Crippen LogP contribution in [0.1, 0.15) is 48.6 Å². The summed E-state index contributed by atoms with van der Waals surface area (Å²) in [6.45, 7) is 4.17. The number of amidine groups is 1. The van der Waals surface area contributed by atoms with Crippen molar-refractivity contribution < 1.29 is 23.5 Å². The van der Waals surface area contributed by atoms with E-state index in [9.17, 15) is 9.59 Å². The predicted octanol–water partition coefficient (Wildman–Crippen LogP) is 3.30. The Balaban J connectivity index is 1.87. The monoisotopic (exact) mass is 372 g/mol. The van der Waals surface area contributed by atoms with E-state index in [1.807, 2.05) is 6.92 Å². The van der Waals surface area contributed by atoms with E-state index in [2.05, 4.69) is 0 Å². The predicted molar refractivity (Wildman–Crippen MR) is 99.9 cm³/mol. The van der Waals surface area contributed by atoms with Gasteiger partial charge in [-0.05, 0) is 55.7 Å². The molecule has 0 saturated heterocycles. The number of furan rings is 1. The molecule has 2 rings (SSSR count). The molecule has 0 radical (unpaired) electrons. The largest absolute Gasteiger partial charge is 0.466 e. The Kier molecular flexibility index (Phi) is 7.16. The van der Waals surface area contributed by atoms with E-state index in [0.29, 0.717) is 42.9 Å². The first kappa shape index (κ1) is 20.2. The summed E-state index contributed by atoms with van der Waals surface area (Å²) in [5.74, 6) is 0.457. The van der Waals surface area contributed by atoms with Gasteiger partial charge in [0.2, 0.25) is 5.76 Å². The molecule has 7 heteroatoms. The molecule has 1 unspecified atom stereocenters. The fourth-order valence-corrected chi connectivity index (χ4v) is 2.50. The van der Waals surface area contributed by atoms with Crippen LogP contribution in [0.15, 0.2) is 40.8 Å². The van der Waals surface area contributed by atoms with E-state index in [1.54, 1.807) is 43.3 Å². The van der Waals surface area contributed by atoms with Crippen molar-refractivity contribution in [1.29, 1.82) is 5.41 Å².